The number of rotatable bonds is 3. The van der Waals surface area contributed by atoms with Crippen LogP contribution in [0.25, 0.3) is 0 Å². The molecular formula is C12H18N4O3. The number of hydrogen-bond donors (Lipinski definition) is 3. The molecule has 2 rings (SSSR count). The standard InChI is InChI=1S/C12H18N4O3/c1-7-4-3-5-8(2)16(7)15-11(17)9-10(12(18)19)14-6-13-9/h6-8H,3-5H2,1-2H3,(H,13,14)(H,15,17)(H,18,19). The molecule has 7 heteroatoms. The van der Waals surface area contributed by atoms with Gasteiger partial charge in [0.1, 0.15) is 0 Å². The number of H-pyrrole nitrogens is 1. The van der Waals surface area contributed by atoms with E-state index in [0.717, 1.165) is 19.3 Å². The molecule has 0 radical (unpaired) electrons. The quantitative estimate of drug-likeness (QED) is 0.758. The number of carboxylic acid groups (broad SMARTS) is 1. The van der Waals surface area contributed by atoms with Gasteiger partial charge in [0.25, 0.3) is 5.91 Å². The van der Waals surface area contributed by atoms with E-state index in [-0.39, 0.29) is 23.5 Å². The molecule has 19 heavy (non-hydrogen) atoms. The molecule has 1 aromatic heterocycles. The summed E-state index contributed by atoms with van der Waals surface area (Å²) in [6.45, 7) is 4.08. The Morgan fingerprint density at radius 3 is 2.63 bits per heavy atom. The van der Waals surface area contributed by atoms with Gasteiger partial charge in [-0.3, -0.25) is 10.2 Å². The Balaban J connectivity index is 2.12. The summed E-state index contributed by atoms with van der Waals surface area (Å²) >= 11 is 0. The second kappa shape index (κ2) is 5.40. The van der Waals surface area contributed by atoms with Gasteiger partial charge in [0.15, 0.2) is 11.4 Å². The summed E-state index contributed by atoms with van der Waals surface area (Å²) in [5.74, 6) is -1.68. The van der Waals surface area contributed by atoms with E-state index in [1.807, 2.05) is 18.9 Å². The molecule has 1 saturated heterocycles. The van der Waals surface area contributed by atoms with Crippen LogP contribution in [0.3, 0.4) is 0 Å². The lowest BCUT2D eigenvalue weighted by molar-refractivity contribution is 0.0363. The molecule has 7 nitrogen and oxygen atoms in total. The van der Waals surface area contributed by atoms with Gasteiger partial charge in [-0.25, -0.2) is 14.8 Å². The van der Waals surface area contributed by atoms with Gasteiger partial charge in [-0.2, -0.15) is 0 Å². The maximum absolute atomic E-state index is 12.1. The van der Waals surface area contributed by atoms with Crippen LogP contribution in [0.15, 0.2) is 6.33 Å². The van der Waals surface area contributed by atoms with Crippen LogP contribution in [-0.2, 0) is 0 Å². The summed E-state index contributed by atoms with van der Waals surface area (Å²) in [6, 6.07) is 0.472. The van der Waals surface area contributed by atoms with Gasteiger partial charge in [-0.15, -0.1) is 0 Å². The summed E-state index contributed by atoms with van der Waals surface area (Å²) in [6.07, 6.45) is 4.37. The first-order valence-corrected chi connectivity index (χ1v) is 6.36. The van der Waals surface area contributed by atoms with Crippen molar-refractivity contribution in [2.24, 2.45) is 0 Å². The highest BCUT2D eigenvalue weighted by atomic mass is 16.4. The summed E-state index contributed by atoms with van der Waals surface area (Å²) in [7, 11) is 0. The molecule has 1 aromatic rings. The maximum atomic E-state index is 12.1. The number of nitrogens with zero attached hydrogens (tertiary/aromatic N) is 2. The van der Waals surface area contributed by atoms with Crippen LogP contribution in [0.4, 0.5) is 0 Å². The molecule has 0 saturated carbocycles. The zero-order valence-corrected chi connectivity index (χ0v) is 11.0. The third-order valence-electron chi connectivity index (χ3n) is 3.49. The van der Waals surface area contributed by atoms with Gasteiger partial charge in [-0.05, 0) is 26.7 Å². The Kier molecular flexibility index (Phi) is 3.84. The second-order valence-electron chi connectivity index (χ2n) is 4.91. The van der Waals surface area contributed by atoms with Crippen molar-refractivity contribution in [3.8, 4) is 0 Å². The first-order valence-electron chi connectivity index (χ1n) is 6.36. The van der Waals surface area contributed by atoms with Gasteiger partial charge < -0.3 is 10.1 Å². The molecule has 1 amide bonds. The normalized spacial score (nSPS) is 24.1. The van der Waals surface area contributed by atoms with Crippen molar-refractivity contribution < 1.29 is 14.7 Å². The van der Waals surface area contributed by atoms with E-state index < -0.39 is 11.9 Å². The fourth-order valence-corrected chi connectivity index (χ4v) is 2.44. The number of carbonyl (C=O) groups is 2. The number of carbonyl (C=O) groups excluding carboxylic acids is 1. The molecule has 0 spiro atoms. The molecule has 3 N–H and O–H groups in total. The molecule has 0 bridgehead atoms. The number of imidazole rings is 1. The average Bonchev–Trinajstić information content (AvgIpc) is 2.83. The minimum Gasteiger partial charge on any atom is -0.477 e. The highest BCUT2D eigenvalue weighted by Crippen LogP contribution is 2.20. The highest BCUT2D eigenvalue weighted by molar-refractivity contribution is 6.01. The van der Waals surface area contributed by atoms with Gasteiger partial charge in [0.2, 0.25) is 0 Å². The highest BCUT2D eigenvalue weighted by Gasteiger charge is 2.28. The lowest BCUT2D eigenvalue weighted by Gasteiger charge is -2.38. The summed E-state index contributed by atoms with van der Waals surface area (Å²) in [4.78, 5) is 29.3. The molecule has 2 unspecified atom stereocenters. The number of amides is 1. The lowest BCUT2D eigenvalue weighted by atomic mass is 10.00. The molecule has 1 fully saturated rings. The minimum absolute atomic E-state index is 0.0857. The van der Waals surface area contributed by atoms with Crippen LogP contribution in [0.2, 0.25) is 0 Å². The van der Waals surface area contributed by atoms with Crippen LogP contribution in [0.5, 0.6) is 0 Å². The SMILES string of the molecule is CC1CCCC(C)N1NC(=O)c1nc[nH]c1C(=O)O. The first-order chi connectivity index (χ1) is 9.00. The Morgan fingerprint density at radius 1 is 1.42 bits per heavy atom. The summed E-state index contributed by atoms with van der Waals surface area (Å²) < 4.78 is 0. The third-order valence-corrected chi connectivity index (χ3v) is 3.49. The molecular weight excluding hydrogens is 248 g/mol. The number of nitrogens with one attached hydrogen (secondary N) is 2. The second-order valence-corrected chi connectivity index (χ2v) is 4.91. The fraction of sp³-hybridized carbons (Fsp3) is 0.583. The van der Waals surface area contributed by atoms with E-state index >= 15 is 0 Å². The number of aromatic nitrogens is 2. The molecule has 2 atom stereocenters. The van der Waals surface area contributed by atoms with Crippen LogP contribution in [0, 0.1) is 0 Å². The van der Waals surface area contributed by atoms with E-state index in [2.05, 4.69) is 15.4 Å². The zero-order valence-electron chi connectivity index (χ0n) is 11.0. The van der Waals surface area contributed by atoms with Crippen LogP contribution < -0.4 is 5.43 Å². The van der Waals surface area contributed by atoms with Crippen molar-refractivity contribution in [2.75, 3.05) is 0 Å². The lowest BCUT2D eigenvalue weighted by Crippen LogP contribution is -2.54. The Bertz CT molecular complexity index is 475. The zero-order chi connectivity index (χ0) is 14.0. The molecule has 0 aliphatic carbocycles. The Morgan fingerprint density at radius 2 is 2.05 bits per heavy atom. The average molecular weight is 266 g/mol. The van der Waals surface area contributed by atoms with Gasteiger partial charge in [0, 0.05) is 12.1 Å². The number of hydrazine groups is 1. The van der Waals surface area contributed by atoms with Crippen molar-refractivity contribution >= 4 is 11.9 Å². The third kappa shape index (κ3) is 2.76. The fourth-order valence-electron chi connectivity index (χ4n) is 2.44. The predicted octanol–water partition coefficient (Wildman–Crippen LogP) is 1.02. The maximum Gasteiger partial charge on any atom is 0.354 e. The summed E-state index contributed by atoms with van der Waals surface area (Å²) in [5, 5.41) is 10.8. The molecule has 1 aliphatic rings. The molecule has 1 aliphatic heterocycles. The topological polar surface area (TPSA) is 98.3 Å². The van der Waals surface area contributed by atoms with Gasteiger partial charge >= 0.3 is 5.97 Å². The van der Waals surface area contributed by atoms with Gasteiger partial charge in [0.05, 0.1) is 6.33 Å². The van der Waals surface area contributed by atoms with Crippen molar-refractivity contribution in [2.45, 2.75) is 45.2 Å². The van der Waals surface area contributed by atoms with Gasteiger partial charge in [-0.1, -0.05) is 6.42 Å². The minimum atomic E-state index is -1.19. The van der Waals surface area contributed by atoms with E-state index in [1.54, 1.807) is 0 Å². The molecule has 0 aromatic carbocycles. The smallest absolute Gasteiger partial charge is 0.354 e. The van der Waals surface area contributed by atoms with Crippen LogP contribution in [0.1, 0.15) is 54.1 Å². The number of hydrogen-bond acceptors (Lipinski definition) is 4. The van der Waals surface area contributed by atoms with E-state index in [4.69, 9.17) is 5.11 Å². The van der Waals surface area contributed by atoms with E-state index in [0.29, 0.717) is 0 Å². The number of piperidine rings is 1. The number of aromatic carboxylic acids is 1. The largest absolute Gasteiger partial charge is 0.477 e. The van der Waals surface area contributed by atoms with Crippen LogP contribution in [-0.4, -0.2) is 44.0 Å². The Labute approximate surface area is 111 Å². The van der Waals surface area contributed by atoms with Crippen molar-refractivity contribution in [1.29, 1.82) is 0 Å². The predicted molar refractivity (Wildman–Crippen MR) is 67.6 cm³/mol. The molecule has 104 valence electrons. The summed E-state index contributed by atoms with van der Waals surface area (Å²) in [5.41, 5.74) is 2.49. The monoisotopic (exact) mass is 266 g/mol. The van der Waals surface area contributed by atoms with Crippen molar-refractivity contribution in [3.63, 3.8) is 0 Å². The number of aromatic amines is 1. The first kappa shape index (κ1) is 13.5. The van der Waals surface area contributed by atoms with Crippen LogP contribution >= 0.6 is 0 Å². The van der Waals surface area contributed by atoms with E-state index in [1.165, 1.54) is 6.33 Å². The van der Waals surface area contributed by atoms with Crippen molar-refractivity contribution in [3.05, 3.63) is 17.7 Å². The van der Waals surface area contributed by atoms with E-state index in [9.17, 15) is 9.59 Å². The Hall–Kier alpha value is -1.89. The van der Waals surface area contributed by atoms with Crippen molar-refractivity contribution in [1.82, 2.24) is 20.4 Å². The molecule has 2 heterocycles. The number of carboxylic acids is 1.